The van der Waals surface area contributed by atoms with Crippen LogP contribution in [0.5, 0.6) is 0 Å². The molecule has 1 fully saturated rings. The van der Waals surface area contributed by atoms with Crippen molar-refractivity contribution in [3.8, 4) is 0 Å². The molecule has 58 valence electrons. The number of nitrogens with zero attached hydrogens (tertiary/aromatic N) is 1. The molecule has 0 amide bonds. The highest BCUT2D eigenvalue weighted by atomic mass is 32.2. The zero-order valence-corrected chi connectivity index (χ0v) is 6.99. The first-order valence-corrected chi connectivity index (χ1v) is 4.68. The summed E-state index contributed by atoms with van der Waals surface area (Å²) in [5.74, 6) is 2.49. The van der Waals surface area contributed by atoms with Gasteiger partial charge in [0, 0.05) is 36.8 Å². The number of rotatable bonds is 2. The van der Waals surface area contributed by atoms with Crippen molar-refractivity contribution in [3.05, 3.63) is 12.3 Å². The van der Waals surface area contributed by atoms with Crippen molar-refractivity contribution in [1.82, 2.24) is 4.90 Å². The fourth-order valence-corrected chi connectivity index (χ4v) is 2.03. The maximum atomic E-state index is 5.48. The molecular weight excluding hydrogens is 144 g/mol. The van der Waals surface area contributed by atoms with Crippen molar-refractivity contribution in [2.45, 2.75) is 0 Å². The van der Waals surface area contributed by atoms with Crippen LogP contribution in [-0.2, 0) is 0 Å². The lowest BCUT2D eigenvalue weighted by molar-refractivity contribution is 0.327. The second-order valence-electron chi connectivity index (χ2n) is 2.55. The van der Waals surface area contributed by atoms with Gasteiger partial charge in [-0.3, -0.25) is 4.90 Å². The summed E-state index contributed by atoms with van der Waals surface area (Å²) < 4.78 is 0. The van der Waals surface area contributed by atoms with E-state index in [1.165, 1.54) is 24.6 Å². The zero-order valence-electron chi connectivity index (χ0n) is 6.18. The SMILES string of the molecule is C=C(N)CN1CCSCC1. The Morgan fingerprint density at radius 2 is 2.10 bits per heavy atom. The number of hydrogen-bond donors (Lipinski definition) is 1. The summed E-state index contributed by atoms with van der Waals surface area (Å²) in [5.41, 5.74) is 6.26. The van der Waals surface area contributed by atoms with E-state index in [9.17, 15) is 0 Å². The Morgan fingerprint density at radius 3 is 2.60 bits per heavy atom. The van der Waals surface area contributed by atoms with Crippen LogP contribution in [0.2, 0.25) is 0 Å². The number of hydrogen-bond acceptors (Lipinski definition) is 3. The van der Waals surface area contributed by atoms with Gasteiger partial charge in [0.1, 0.15) is 0 Å². The van der Waals surface area contributed by atoms with Crippen LogP contribution in [0, 0.1) is 0 Å². The summed E-state index contributed by atoms with van der Waals surface area (Å²) >= 11 is 2.01. The smallest absolute Gasteiger partial charge is 0.0374 e. The van der Waals surface area contributed by atoms with E-state index in [0.717, 1.165) is 12.2 Å². The summed E-state index contributed by atoms with van der Waals surface area (Å²) in [6, 6.07) is 0. The van der Waals surface area contributed by atoms with E-state index >= 15 is 0 Å². The molecule has 1 saturated heterocycles. The molecule has 0 atom stereocenters. The van der Waals surface area contributed by atoms with Crippen LogP contribution in [0.1, 0.15) is 0 Å². The van der Waals surface area contributed by atoms with E-state index in [4.69, 9.17) is 5.73 Å². The Kier molecular flexibility index (Phi) is 3.09. The maximum absolute atomic E-state index is 5.48. The molecule has 0 aromatic carbocycles. The molecule has 0 unspecified atom stereocenters. The minimum atomic E-state index is 0.784. The van der Waals surface area contributed by atoms with Crippen LogP contribution in [-0.4, -0.2) is 36.0 Å². The van der Waals surface area contributed by atoms with E-state index in [0.29, 0.717) is 0 Å². The summed E-state index contributed by atoms with van der Waals surface area (Å²) in [5, 5.41) is 0. The summed E-state index contributed by atoms with van der Waals surface area (Å²) in [6.07, 6.45) is 0. The van der Waals surface area contributed by atoms with E-state index in [1.807, 2.05) is 11.8 Å². The molecule has 1 aliphatic heterocycles. The van der Waals surface area contributed by atoms with Crippen molar-refractivity contribution >= 4 is 11.8 Å². The summed E-state index contributed by atoms with van der Waals surface area (Å²) in [6.45, 7) is 6.89. The van der Waals surface area contributed by atoms with Crippen LogP contribution < -0.4 is 5.73 Å². The maximum Gasteiger partial charge on any atom is 0.0374 e. The van der Waals surface area contributed by atoms with Gasteiger partial charge in [-0.15, -0.1) is 0 Å². The second kappa shape index (κ2) is 3.88. The highest BCUT2D eigenvalue weighted by Gasteiger charge is 2.09. The van der Waals surface area contributed by atoms with Gasteiger partial charge in [0.15, 0.2) is 0 Å². The monoisotopic (exact) mass is 158 g/mol. The normalized spacial score (nSPS) is 20.8. The summed E-state index contributed by atoms with van der Waals surface area (Å²) in [7, 11) is 0. The highest BCUT2D eigenvalue weighted by Crippen LogP contribution is 2.08. The molecule has 0 aromatic heterocycles. The lowest BCUT2D eigenvalue weighted by atomic mass is 10.4. The molecule has 0 radical (unpaired) electrons. The van der Waals surface area contributed by atoms with Gasteiger partial charge in [-0.05, 0) is 0 Å². The molecule has 0 bridgehead atoms. The van der Waals surface area contributed by atoms with Gasteiger partial charge in [0.2, 0.25) is 0 Å². The highest BCUT2D eigenvalue weighted by molar-refractivity contribution is 7.99. The van der Waals surface area contributed by atoms with Gasteiger partial charge >= 0.3 is 0 Å². The average Bonchev–Trinajstić information content (AvgIpc) is 1.88. The van der Waals surface area contributed by atoms with E-state index < -0.39 is 0 Å². The van der Waals surface area contributed by atoms with Crippen molar-refractivity contribution in [3.63, 3.8) is 0 Å². The Labute approximate surface area is 66.5 Å². The molecular formula is C7H14N2S. The molecule has 1 rings (SSSR count). The molecule has 10 heavy (non-hydrogen) atoms. The van der Waals surface area contributed by atoms with Gasteiger partial charge in [0.25, 0.3) is 0 Å². The molecule has 3 heteroatoms. The van der Waals surface area contributed by atoms with Crippen LogP contribution in [0.3, 0.4) is 0 Å². The van der Waals surface area contributed by atoms with Crippen molar-refractivity contribution in [2.75, 3.05) is 31.1 Å². The van der Waals surface area contributed by atoms with Crippen molar-refractivity contribution < 1.29 is 0 Å². The van der Waals surface area contributed by atoms with E-state index in [-0.39, 0.29) is 0 Å². The van der Waals surface area contributed by atoms with Crippen LogP contribution in [0.15, 0.2) is 12.3 Å². The van der Waals surface area contributed by atoms with Gasteiger partial charge in [-0.25, -0.2) is 0 Å². The predicted octanol–water partition coefficient (Wildman–Crippen LogP) is 0.508. The van der Waals surface area contributed by atoms with E-state index in [1.54, 1.807) is 0 Å². The second-order valence-corrected chi connectivity index (χ2v) is 3.77. The van der Waals surface area contributed by atoms with Crippen molar-refractivity contribution in [1.29, 1.82) is 0 Å². The first-order valence-electron chi connectivity index (χ1n) is 3.52. The molecule has 2 N–H and O–H groups in total. The third kappa shape index (κ3) is 2.62. The molecule has 1 aliphatic rings. The third-order valence-corrected chi connectivity index (χ3v) is 2.47. The Hall–Kier alpha value is -0.150. The third-order valence-electron chi connectivity index (χ3n) is 1.53. The lowest BCUT2D eigenvalue weighted by Crippen LogP contribution is -2.35. The van der Waals surface area contributed by atoms with Crippen LogP contribution in [0.4, 0.5) is 0 Å². The molecule has 0 spiro atoms. The molecule has 0 saturated carbocycles. The first kappa shape index (κ1) is 7.95. The fraction of sp³-hybridized carbons (Fsp3) is 0.714. The molecule has 2 nitrogen and oxygen atoms in total. The fourth-order valence-electron chi connectivity index (χ4n) is 1.05. The van der Waals surface area contributed by atoms with Gasteiger partial charge in [-0.1, -0.05) is 6.58 Å². The predicted molar refractivity (Wildman–Crippen MR) is 47.1 cm³/mol. The van der Waals surface area contributed by atoms with Crippen LogP contribution >= 0.6 is 11.8 Å². The Morgan fingerprint density at radius 1 is 1.50 bits per heavy atom. The Balaban J connectivity index is 2.19. The van der Waals surface area contributed by atoms with E-state index in [2.05, 4.69) is 11.5 Å². The largest absolute Gasteiger partial charge is 0.401 e. The zero-order chi connectivity index (χ0) is 7.40. The van der Waals surface area contributed by atoms with Gasteiger partial charge in [0.05, 0.1) is 0 Å². The molecule has 1 heterocycles. The molecule has 0 aliphatic carbocycles. The topological polar surface area (TPSA) is 29.3 Å². The molecule has 0 aromatic rings. The van der Waals surface area contributed by atoms with Crippen molar-refractivity contribution in [2.24, 2.45) is 5.73 Å². The minimum absolute atomic E-state index is 0.784. The van der Waals surface area contributed by atoms with Gasteiger partial charge < -0.3 is 5.73 Å². The van der Waals surface area contributed by atoms with Gasteiger partial charge in [-0.2, -0.15) is 11.8 Å². The summed E-state index contributed by atoms with van der Waals surface area (Å²) in [4.78, 5) is 2.35. The van der Waals surface area contributed by atoms with Crippen LogP contribution in [0.25, 0.3) is 0 Å². The lowest BCUT2D eigenvalue weighted by Gasteiger charge is -2.25. The average molecular weight is 158 g/mol. The minimum Gasteiger partial charge on any atom is -0.401 e. The number of thioether (sulfide) groups is 1. The standard InChI is InChI=1S/C7H14N2S/c1-7(8)6-9-2-4-10-5-3-9/h1-6,8H2. The number of nitrogens with two attached hydrogens (primary N) is 1. The Bertz CT molecular complexity index is 119. The first-order chi connectivity index (χ1) is 4.79. The quantitative estimate of drug-likeness (QED) is 0.635.